The van der Waals surface area contributed by atoms with Crippen molar-refractivity contribution in [3.63, 3.8) is 0 Å². The van der Waals surface area contributed by atoms with E-state index < -0.39 is 6.09 Å². The monoisotopic (exact) mass is 307 g/mol. The number of rotatable bonds is 4. The SMILES string of the molecule is CCCc1cc(OC(=O)Nc2cc(C(C)(C)C)n[nH]2)cs1. The van der Waals surface area contributed by atoms with Crippen LogP contribution in [0.2, 0.25) is 0 Å². The van der Waals surface area contributed by atoms with Crippen molar-refractivity contribution in [1.29, 1.82) is 0 Å². The molecular formula is C15H21N3O2S. The molecule has 2 aromatic rings. The van der Waals surface area contributed by atoms with E-state index in [0.717, 1.165) is 18.5 Å². The molecule has 0 unspecified atom stereocenters. The molecule has 0 aromatic carbocycles. The molecule has 0 fully saturated rings. The Morgan fingerprint density at radius 2 is 2.19 bits per heavy atom. The van der Waals surface area contributed by atoms with Crippen molar-refractivity contribution in [2.75, 3.05) is 5.32 Å². The lowest BCUT2D eigenvalue weighted by molar-refractivity contribution is 0.215. The van der Waals surface area contributed by atoms with Gasteiger partial charge in [-0.25, -0.2) is 4.79 Å². The van der Waals surface area contributed by atoms with Crippen LogP contribution in [0, 0.1) is 0 Å². The zero-order valence-electron chi connectivity index (χ0n) is 12.8. The van der Waals surface area contributed by atoms with Crippen LogP contribution in [0.5, 0.6) is 5.75 Å². The summed E-state index contributed by atoms with van der Waals surface area (Å²) in [5, 5.41) is 11.5. The Morgan fingerprint density at radius 1 is 1.43 bits per heavy atom. The number of anilines is 1. The van der Waals surface area contributed by atoms with Gasteiger partial charge in [0.15, 0.2) is 0 Å². The number of carbonyl (C=O) groups is 1. The van der Waals surface area contributed by atoms with Gasteiger partial charge in [0.1, 0.15) is 11.6 Å². The molecule has 0 aliphatic heterocycles. The number of hydrogen-bond donors (Lipinski definition) is 2. The molecule has 0 aliphatic rings. The third kappa shape index (κ3) is 4.32. The van der Waals surface area contributed by atoms with Gasteiger partial charge in [0, 0.05) is 21.7 Å². The number of aromatic amines is 1. The summed E-state index contributed by atoms with van der Waals surface area (Å²) < 4.78 is 5.25. The Kier molecular flexibility index (Phi) is 4.67. The van der Waals surface area contributed by atoms with Crippen molar-refractivity contribution in [2.45, 2.75) is 46.0 Å². The number of aryl methyl sites for hydroxylation is 1. The summed E-state index contributed by atoms with van der Waals surface area (Å²) in [5.41, 5.74) is 0.821. The van der Waals surface area contributed by atoms with Crippen molar-refractivity contribution in [3.8, 4) is 5.75 Å². The van der Waals surface area contributed by atoms with Gasteiger partial charge in [0.2, 0.25) is 0 Å². The van der Waals surface area contributed by atoms with Crippen LogP contribution in [-0.4, -0.2) is 16.3 Å². The second-order valence-corrected chi connectivity index (χ2v) is 6.93. The van der Waals surface area contributed by atoms with Crippen LogP contribution in [0.15, 0.2) is 17.5 Å². The zero-order chi connectivity index (χ0) is 15.5. The number of H-pyrrole nitrogens is 1. The fraction of sp³-hybridized carbons (Fsp3) is 0.467. The van der Waals surface area contributed by atoms with Crippen LogP contribution < -0.4 is 10.1 Å². The number of nitrogens with one attached hydrogen (secondary N) is 2. The van der Waals surface area contributed by atoms with Crippen LogP contribution in [0.25, 0.3) is 0 Å². The van der Waals surface area contributed by atoms with Crippen molar-refractivity contribution in [3.05, 3.63) is 28.1 Å². The summed E-state index contributed by atoms with van der Waals surface area (Å²) in [4.78, 5) is 13.1. The Hall–Kier alpha value is -1.82. The van der Waals surface area contributed by atoms with E-state index in [-0.39, 0.29) is 5.41 Å². The summed E-state index contributed by atoms with van der Waals surface area (Å²) in [6, 6.07) is 3.72. The molecule has 2 aromatic heterocycles. The van der Waals surface area contributed by atoms with Gasteiger partial charge in [-0.15, -0.1) is 11.3 Å². The zero-order valence-corrected chi connectivity index (χ0v) is 13.6. The quantitative estimate of drug-likeness (QED) is 0.883. The first-order valence-corrected chi connectivity index (χ1v) is 7.88. The van der Waals surface area contributed by atoms with Crippen molar-refractivity contribution in [2.24, 2.45) is 0 Å². The number of hydrogen-bond acceptors (Lipinski definition) is 4. The predicted octanol–water partition coefficient (Wildman–Crippen LogP) is 4.33. The number of aromatic nitrogens is 2. The molecule has 0 radical (unpaired) electrons. The minimum Gasteiger partial charge on any atom is -0.409 e. The Morgan fingerprint density at radius 3 is 2.81 bits per heavy atom. The van der Waals surface area contributed by atoms with Crippen LogP contribution in [0.4, 0.5) is 10.6 Å². The average Bonchev–Trinajstić information content (AvgIpc) is 2.98. The topological polar surface area (TPSA) is 67.0 Å². The second kappa shape index (κ2) is 6.30. The van der Waals surface area contributed by atoms with Gasteiger partial charge in [-0.1, -0.05) is 34.1 Å². The van der Waals surface area contributed by atoms with Crippen LogP contribution in [-0.2, 0) is 11.8 Å². The van der Waals surface area contributed by atoms with Crippen LogP contribution in [0.1, 0.15) is 44.7 Å². The van der Waals surface area contributed by atoms with E-state index in [1.807, 2.05) is 17.5 Å². The van der Waals surface area contributed by atoms with E-state index in [0.29, 0.717) is 11.6 Å². The standard InChI is InChI=1S/C15H21N3O2S/c1-5-6-11-7-10(9-21-11)20-14(19)16-13-8-12(17-18-13)15(2,3)4/h7-9H,5-6H2,1-4H3,(H2,16,17,18,19). The fourth-order valence-corrected chi connectivity index (χ4v) is 2.69. The van der Waals surface area contributed by atoms with Gasteiger partial charge < -0.3 is 4.74 Å². The van der Waals surface area contributed by atoms with Gasteiger partial charge in [-0.2, -0.15) is 5.10 Å². The molecule has 2 N–H and O–H groups in total. The van der Waals surface area contributed by atoms with E-state index in [1.54, 1.807) is 11.3 Å². The number of carbonyl (C=O) groups excluding carboxylic acids is 1. The minimum absolute atomic E-state index is 0.0667. The molecule has 6 heteroatoms. The maximum Gasteiger partial charge on any atom is 0.418 e. The maximum atomic E-state index is 11.8. The highest BCUT2D eigenvalue weighted by Gasteiger charge is 2.18. The molecule has 0 saturated carbocycles. The molecule has 1 amide bonds. The maximum absolute atomic E-state index is 11.8. The van der Waals surface area contributed by atoms with Gasteiger partial charge in [-0.05, 0) is 12.5 Å². The lowest BCUT2D eigenvalue weighted by atomic mass is 9.92. The molecule has 2 rings (SSSR count). The summed E-state index contributed by atoms with van der Waals surface area (Å²) in [6.45, 7) is 8.31. The van der Waals surface area contributed by atoms with Gasteiger partial charge in [0.25, 0.3) is 0 Å². The summed E-state index contributed by atoms with van der Waals surface area (Å²) >= 11 is 1.60. The fourth-order valence-electron chi connectivity index (χ4n) is 1.80. The lowest BCUT2D eigenvalue weighted by Crippen LogP contribution is -2.16. The van der Waals surface area contributed by atoms with E-state index in [4.69, 9.17) is 4.74 Å². The van der Waals surface area contributed by atoms with E-state index in [1.165, 1.54) is 4.88 Å². The van der Waals surface area contributed by atoms with Crippen LogP contribution >= 0.6 is 11.3 Å². The predicted molar refractivity (Wildman–Crippen MR) is 85.2 cm³/mol. The van der Waals surface area contributed by atoms with Crippen molar-refractivity contribution in [1.82, 2.24) is 10.2 Å². The number of thiophene rings is 1. The number of ether oxygens (including phenoxy) is 1. The van der Waals surface area contributed by atoms with E-state index in [9.17, 15) is 4.79 Å². The Labute approximate surface area is 128 Å². The molecule has 0 spiro atoms. The highest BCUT2D eigenvalue weighted by Crippen LogP contribution is 2.24. The average molecular weight is 307 g/mol. The molecule has 0 bridgehead atoms. The van der Waals surface area contributed by atoms with Crippen molar-refractivity contribution < 1.29 is 9.53 Å². The van der Waals surface area contributed by atoms with Gasteiger partial charge >= 0.3 is 6.09 Å². The second-order valence-electron chi connectivity index (χ2n) is 5.93. The Bertz CT molecular complexity index is 610. The summed E-state index contributed by atoms with van der Waals surface area (Å²) in [5.74, 6) is 1.12. The van der Waals surface area contributed by atoms with E-state index in [2.05, 4.69) is 43.2 Å². The molecule has 114 valence electrons. The largest absolute Gasteiger partial charge is 0.418 e. The molecule has 0 aliphatic carbocycles. The lowest BCUT2D eigenvalue weighted by Gasteiger charge is -2.13. The normalized spacial score (nSPS) is 11.4. The highest BCUT2D eigenvalue weighted by molar-refractivity contribution is 7.10. The first-order valence-electron chi connectivity index (χ1n) is 7.00. The number of nitrogens with zero attached hydrogens (tertiary/aromatic N) is 1. The third-order valence-electron chi connectivity index (χ3n) is 2.92. The molecular weight excluding hydrogens is 286 g/mol. The molecule has 2 heterocycles. The molecule has 21 heavy (non-hydrogen) atoms. The van der Waals surface area contributed by atoms with Crippen molar-refractivity contribution >= 4 is 23.2 Å². The number of amides is 1. The third-order valence-corrected chi connectivity index (χ3v) is 3.89. The molecule has 0 atom stereocenters. The summed E-state index contributed by atoms with van der Waals surface area (Å²) in [6.07, 6.45) is 1.57. The van der Waals surface area contributed by atoms with E-state index >= 15 is 0 Å². The Balaban J connectivity index is 1.93. The first-order chi connectivity index (χ1) is 9.88. The van der Waals surface area contributed by atoms with Gasteiger partial charge in [0.05, 0.1) is 5.69 Å². The highest BCUT2D eigenvalue weighted by atomic mass is 32.1. The van der Waals surface area contributed by atoms with Crippen LogP contribution in [0.3, 0.4) is 0 Å². The first kappa shape index (κ1) is 15.6. The summed E-state index contributed by atoms with van der Waals surface area (Å²) in [7, 11) is 0. The smallest absolute Gasteiger partial charge is 0.409 e. The van der Waals surface area contributed by atoms with Gasteiger partial charge in [-0.3, -0.25) is 10.4 Å². The molecule has 0 saturated heterocycles. The minimum atomic E-state index is -0.514. The molecule has 5 nitrogen and oxygen atoms in total.